The molecule has 0 bridgehead atoms. The lowest BCUT2D eigenvalue weighted by Crippen LogP contribution is -2.37. The first kappa shape index (κ1) is 19.1. The molecule has 26 heavy (non-hydrogen) atoms. The number of hydrogen-bond donors (Lipinski definition) is 1. The number of benzene rings is 2. The van der Waals surface area contributed by atoms with E-state index in [-0.39, 0.29) is 18.3 Å². The van der Waals surface area contributed by atoms with E-state index in [4.69, 9.17) is 9.47 Å². The lowest BCUT2D eigenvalue weighted by molar-refractivity contribution is -0.118. The van der Waals surface area contributed by atoms with Crippen molar-refractivity contribution in [2.24, 2.45) is 0 Å². The molecule has 0 saturated carbocycles. The minimum absolute atomic E-state index is 0.0333. The minimum Gasteiger partial charge on any atom is -0.481 e. The van der Waals surface area contributed by atoms with E-state index >= 15 is 0 Å². The molecular weight excluding hydrogens is 471 g/mol. The van der Waals surface area contributed by atoms with Gasteiger partial charge in [-0.2, -0.15) is 0 Å². The Morgan fingerprint density at radius 1 is 1.15 bits per heavy atom. The van der Waals surface area contributed by atoms with Gasteiger partial charge in [0, 0.05) is 22.0 Å². The summed E-state index contributed by atoms with van der Waals surface area (Å²) in [5.41, 5.74) is 1.59. The number of nitrogens with zero attached hydrogens (tertiary/aromatic N) is 1. The molecule has 0 spiro atoms. The normalized spacial score (nSPS) is 14.2. The van der Waals surface area contributed by atoms with Crippen LogP contribution in [-0.2, 0) is 9.53 Å². The highest BCUT2D eigenvalue weighted by Gasteiger charge is 2.17. The third-order valence-electron chi connectivity index (χ3n) is 3.84. The van der Waals surface area contributed by atoms with Crippen molar-refractivity contribution in [2.75, 3.05) is 43.1 Å². The van der Waals surface area contributed by atoms with Crippen LogP contribution in [0.25, 0.3) is 0 Å². The van der Waals surface area contributed by atoms with Gasteiger partial charge >= 0.3 is 0 Å². The van der Waals surface area contributed by atoms with E-state index in [2.05, 4.69) is 42.1 Å². The van der Waals surface area contributed by atoms with Gasteiger partial charge in [0.15, 0.2) is 18.2 Å². The van der Waals surface area contributed by atoms with E-state index in [0.717, 1.165) is 23.2 Å². The average molecular weight is 488 g/mol. The molecular formula is C18H17Br2FN2O3. The maximum atomic E-state index is 13.8. The molecule has 1 aliphatic rings. The van der Waals surface area contributed by atoms with Crippen molar-refractivity contribution in [2.45, 2.75) is 0 Å². The second kappa shape index (κ2) is 8.83. The van der Waals surface area contributed by atoms with Gasteiger partial charge in [-0.25, -0.2) is 4.39 Å². The number of morpholine rings is 1. The highest BCUT2D eigenvalue weighted by Crippen LogP contribution is 2.30. The van der Waals surface area contributed by atoms with Crippen molar-refractivity contribution in [3.63, 3.8) is 0 Å². The van der Waals surface area contributed by atoms with Crippen molar-refractivity contribution < 1.29 is 18.7 Å². The zero-order chi connectivity index (χ0) is 18.5. The molecule has 1 aliphatic heterocycles. The maximum absolute atomic E-state index is 13.8. The van der Waals surface area contributed by atoms with Gasteiger partial charge in [0.25, 0.3) is 5.91 Å². The van der Waals surface area contributed by atoms with Crippen LogP contribution in [0.5, 0.6) is 5.75 Å². The van der Waals surface area contributed by atoms with Crippen LogP contribution in [0.1, 0.15) is 0 Å². The number of halogens is 3. The van der Waals surface area contributed by atoms with E-state index in [1.54, 1.807) is 6.07 Å². The summed E-state index contributed by atoms with van der Waals surface area (Å²) in [6.45, 7) is 2.52. The van der Waals surface area contributed by atoms with Crippen molar-refractivity contribution >= 4 is 49.1 Å². The van der Waals surface area contributed by atoms with Crippen LogP contribution < -0.4 is 15.0 Å². The third kappa shape index (κ3) is 4.96. The summed E-state index contributed by atoms with van der Waals surface area (Å²) in [6.07, 6.45) is 0. The summed E-state index contributed by atoms with van der Waals surface area (Å²) in [7, 11) is 0. The molecule has 3 rings (SSSR count). The maximum Gasteiger partial charge on any atom is 0.262 e. The first-order chi connectivity index (χ1) is 12.5. The summed E-state index contributed by atoms with van der Waals surface area (Å²) < 4.78 is 25.9. The molecule has 2 aromatic carbocycles. The topological polar surface area (TPSA) is 50.8 Å². The number of carbonyl (C=O) groups is 1. The van der Waals surface area contributed by atoms with Crippen LogP contribution in [0.15, 0.2) is 45.3 Å². The number of rotatable bonds is 5. The first-order valence-corrected chi connectivity index (χ1v) is 9.61. The number of nitrogens with one attached hydrogen (secondary N) is 1. The molecule has 1 N–H and O–H groups in total. The van der Waals surface area contributed by atoms with Crippen LogP contribution in [-0.4, -0.2) is 38.8 Å². The number of amides is 1. The fourth-order valence-electron chi connectivity index (χ4n) is 2.61. The molecule has 8 heteroatoms. The second-order valence-corrected chi connectivity index (χ2v) is 7.50. The largest absolute Gasteiger partial charge is 0.481 e. The van der Waals surface area contributed by atoms with E-state index in [1.807, 2.05) is 18.2 Å². The molecule has 0 unspecified atom stereocenters. The van der Waals surface area contributed by atoms with Gasteiger partial charge in [0.1, 0.15) is 0 Å². The Morgan fingerprint density at radius 3 is 2.58 bits per heavy atom. The second-order valence-electron chi connectivity index (χ2n) is 5.67. The van der Waals surface area contributed by atoms with Gasteiger partial charge in [0.05, 0.1) is 24.6 Å². The molecule has 0 aromatic heterocycles. The molecule has 1 amide bonds. The minimum atomic E-state index is -0.524. The fourth-order valence-corrected chi connectivity index (χ4v) is 3.30. The third-order valence-corrected chi connectivity index (χ3v) is 4.82. The van der Waals surface area contributed by atoms with Crippen LogP contribution >= 0.6 is 31.9 Å². The molecule has 5 nitrogen and oxygen atoms in total. The number of hydrogen-bond acceptors (Lipinski definition) is 4. The van der Waals surface area contributed by atoms with Gasteiger partial charge in [-0.1, -0.05) is 31.9 Å². The zero-order valence-corrected chi connectivity index (χ0v) is 17.0. The Kier molecular flexibility index (Phi) is 6.50. The lowest BCUT2D eigenvalue weighted by Gasteiger charge is -2.30. The summed E-state index contributed by atoms with van der Waals surface area (Å²) in [5, 5.41) is 2.84. The standard InChI is InChI=1S/C18H17Br2FN2O3/c19-12-2-4-17(14(21)9-12)26-11-18(24)22-15-10-13(20)1-3-16(15)23-5-7-25-8-6-23/h1-4,9-10H,5-8,11H2,(H,22,24). The SMILES string of the molecule is O=C(COc1ccc(Br)cc1F)Nc1cc(Br)ccc1N1CCOCC1. The lowest BCUT2D eigenvalue weighted by atomic mass is 10.2. The van der Waals surface area contributed by atoms with Crippen molar-refractivity contribution in [1.29, 1.82) is 0 Å². The number of anilines is 2. The van der Waals surface area contributed by atoms with Crippen molar-refractivity contribution in [1.82, 2.24) is 0 Å². The van der Waals surface area contributed by atoms with Gasteiger partial charge in [0.2, 0.25) is 0 Å². The Balaban J connectivity index is 1.67. The predicted molar refractivity (Wildman–Crippen MR) is 105 cm³/mol. The number of ether oxygens (including phenoxy) is 2. The van der Waals surface area contributed by atoms with E-state index < -0.39 is 5.82 Å². The molecule has 0 aliphatic carbocycles. The summed E-state index contributed by atoms with van der Waals surface area (Å²) in [4.78, 5) is 14.4. The Bertz CT molecular complexity index is 798. The molecule has 1 saturated heterocycles. The fraction of sp³-hybridized carbons (Fsp3) is 0.278. The summed E-state index contributed by atoms with van der Waals surface area (Å²) >= 11 is 6.60. The highest BCUT2D eigenvalue weighted by atomic mass is 79.9. The highest BCUT2D eigenvalue weighted by molar-refractivity contribution is 9.10. The first-order valence-electron chi connectivity index (χ1n) is 8.03. The summed E-state index contributed by atoms with van der Waals surface area (Å²) in [6, 6.07) is 10.1. The Labute approximate surface area is 167 Å². The summed E-state index contributed by atoms with van der Waals surface area (Å²) in [5.74, 6) is -0.852. The Hall–Kier alpha value is -1.64. The van der Waals surface area contributed by atoms with E-state index in [1.165, 1.54) is 12.1 Å². The molecule has 1 fully saturated rings. The van der Waals surface area contributed by atoms with Gasteiger partial charge < -0.3 is 19.7 Å². The van der Waals surface area contributed by atoms with Crippen LogP contribution in [0.3, 0.4) is 0 Å². The van der Waals surface area contributed by atoms with Gasteiger partial charge in [-0.3, -0.25) is 4.79 Å². The van der Waals surface area contributed by atoms with Crippen LogP contribution in [0.2, 0.25) is 0 Å². The average Bonchev–Trinajstić information content (AvgIpc) is 2.62. The van der Waals surface area contributed by atoms with Crippen LogP contribution in [0, 0.1) is 5.82 Å². The van der Waals surface area contributed by atoms with Crippen LogP contribution in [0.4, 0.5) is 15.8 Å². The predicted octanol–water partition coefficient (Wildman–Crippen LogP) is 4.20. The molecule has 138 valence electrons. The van der Waals surface area contributed by atoms with Gasteiger partial charge in [-0.15, -0.1) is 0 Å². The monoisotopic (exact) mass is 486 g/mol. The quantitative estimate of drug-likeness (QED) is 0.686. The molecule has 2 aromatic rings. The molecule has 0 radical (unpaired) electrons. The van der Waals surface area contributed by atoms with Crippen molar-refractivity contribution in [3.8, 4) is 5.75 Å². The zero-order valence-electron chi connectivity index (χ0n) is 13.8. The molecule has 1 heterocycles. The van der Waals surface area contributed by atoms with E-state index in [0.29, 0.717) is 23.4 Å². The Morgan fingerprint density at radius 2 is 1.85 bits per heavy atom. The smallest absolute Gasteiger partial charge is 0.262 e. The number of carbonyl (C=O) groups excluding carboxylic acids is 1. The van der Waals surface area contributed by atoms with E-state index in [9.17, 15) is 9.18 Å². The van der Waals surface area contributed by atoms with Gasteiger partial charge in [-0.05, 0) is 36.4 Å². The molecule has 0 atom stereocenters. The van der Waals surface area contributed by atoms with Crippen molar-refractivity contribution in [3.05, 3.63) is 51.2 Å².